The van der Waals surface area contributed by atoms with Crippen LogP contribution in [0.25, 0.3) is 5.70 Å². The van der Waals surface area contributed by atoms with E-state index in [1.807, 2.05) is 37.9 Å². The summed E-state index contributed by atoms with van der Waals surface area (Å²) in [6.45, 7) is 21.6. The van der Waals surface area contributed by atoms with Crippen molar-refractivity contribution in [1.82, 2.24) is 10.3 Å². The Bertz CT molecular complexity index is 1030. The van der Waals surface area contributed by atoms with Gasteiger partial charge in [0.15, 0.2) is 0 Å². The van der Waals surface area contributed by atoms with Crippen LogP contribution in [0.3, 0.4) is 0 Å². The number of allylic oxidation sites excluding steroid dienone is 1. The number of benzene rings is 1. The normalized spacial score (nSPS) is 14.2. The van der Waals surface area contributed by atoms with E-state index in [2.05, 4.69) is 83.0 Å². The molecule has 1 aliphatic carbocycles. The van der Waals surface area contributed by atoms with Crippen molar-refractivity contribution in [2.24, 2.45) is 5.92 Å². The first-order valence-corrected chi connectivity index (χ1v) is 16.3. The van der Waals surface area contributed by atoms with Gasteiger partial charge in [-0.3, -0.25) is 4.98 Å². The van der Waals surface area contributed by atoms with Gasteiger partial charge in [0.2, 0.25) is 0 Å². The molecule has 2 aliphatic rings. The van der Waals surface area contributed by atoms with Gasteiger partial charge >= 0.3 is 0 Å². The molecule has 2 aromatic rings. The lowest BCUT2D eigenvalue weighted by Crippen LogP contribution is -2.52. The minimum atomic E-state index is 0.286. The molecule has 1 saturated heterocycles. The zero-order valence-corrected chi connectivity index (χ0v) is 27.9. The summed E-state index contributed by atoms with van der Waals surface area (Å²) in [6.07, 6.45) is 8.56. The Hall–Kier alpha value is -2.27. The van der Waals surface area contributed by atoms with Crippen molar-refractivity contribution in [3.8, 4) is 5.75 Å². The van der Waals surface area contributed by atoms with E-state index in [1.165, 1.54) is 53.2 Å². The fraction of sp³-hybridized carbons (Fsp3) is 0.600. The number of Topliss-reactive ketones (excluding diaryl/α,β-unsaturated/α-hetero) is 1. The van der Waals surface area contributed by atoms with Gasteiger partial charge in [0.05, 0.1) is 12.1 Å². The molecule has 1 N–H and O–H groups in total. The Morgan fingerprint density at radius 3 is 2.15 bits per heavy atom. The fourth-order valence-corrected chi connectivity index (χ4v) is 4.80. The van der Waals surface area contributed by atoms with Crippen LogP contribution >= 0.6 is 11.8 Å². The molecule has 1 aromatic heterocycles. The number of carbonyl (C=O) groups excluding carboxylic acids is 1. The van der Waals surface area contributed by atoms with Crippen LogP contribution < -0.4 is 10.1 Å². The van der Waals surface area contributed by atoms with Gasteiger partial charge in [0, 0.05) is 41.1 Å². The molecule has 4 rings (SSSR count). The molecule has 0 atom stereocenters. The Morgan fingerprint density at radius 1 is 1.07 bits per heavy atom. The van der Waals surface area contributed by atoms with Crippen LogP contribution in [0.2, 0.25) is 0 Å². The van der Waals surface area contributed by atoms with Gasteiger partial charge in [0.1, 0.15) is 11.5 Å². The van der Waals surface area contributed by atoms with Crippen molar-refractivity contribution in [2.45, 2.75) is 113 Å². The molecule has 224 valence electrons. The first-order valence-electron chi connectivity index (χ1n) is 15.2. The molecule has 0 spiro atoms. The Balaban J connectivity index is 0.000000314. The summed E-state index contributed by atoms with van der Waals surface area (Å²) < 4.78 is 5.39. The summed E-state index contributed by atoms with van der Waals surface area (Å²) in [6, 6.07) is 10.6. The van der Waals surface area contributed by atoms with E-state index in [0.717, 1.165) is 43.2 Å². The minimum Gasteiger partial charge on any atom is -0.494 e. The number of aryl methyl sites for hydroxylation is 3. The monoisotopic (exact) mass is 568 g/mol. The average Bonchev–Trinajstić information content (AvgIpc) is 3.70. The van der Waals surface area contributed by atoms with E-state index in [9.17, 15) is 4.79 Å². The van der Waals surface area contributed by atoms with Gasteiger partial charge in [-0.25, -0.2) is 0 Å². The molecule has 1 aromatic carbocycles. The Morgan fingerprint density at radius 2 is 1.73 bits per heavy atom. The summed E-state index contributed by atoms with van der Waals surface area (Å²) in [7, 11) is 0. The van der Waals surface area contributed by atoms with E-state index >= 15 is 0 Å². The van der Waals surface area contributed by atoms with E-state index in [-0.39, 0.29) is 11.3 Å². The number of thioether (sulfide) groups is 1. The van der Waals surface area contributed by atoms with Gasteiger partial charge in [-0.2, -0.15) is 11.8 Å². The number of rotatable bonds is 9. The van der Waals surface area contributed by atoms with E-state index in [1.54, 1.807) is 12.5 Å². The second-order valence-electron chi connectivity index (χ2n) is 11.8. The molecule has 0 radical (unpaired) electrons. The number of aromatic nitrogens is 1. The van der Waals surface area contributed by atoms with Crippen LogP contribution in [-0.2, 0) is 11.2 Å². The van der Waals surface area contributed by atoms with Gasteiger partial charge in [-0.05, 0) is 101 Å². The quantitative estimate of drug-likeness (QED) is 0.326. The molecule has 5 heteroatoms. The molecule has 1 aliphatic heterocycles. The predicted molar refractivity (Wildman–Crippen MR) is 176 cm³/mol. The molecular formula is C35H56N2O2S. The van der Waals surface area contributed by atoms with E-state index in [0.29, 0.717) is 0 Å². The van der Waals surface area contributed by atoms with E-state index in [4.69, 9.17) is 4.74 Å². The lowest BCUT2D eigenvalue weighted by molar-refractivity contribution is -0.117. The number of nitrogens with zero attached hydrogens (tertiary/aromatic N) is 1. The number of pyridine rings is 1. The number of carbonyl (C=O) groups is 1. The van der Waals surface area contributed by atoms with Crippen molar-refractivity contribution >= 4 is 23.2 Å². The van der Waals surface area contributed by atoms with Crippen molar-refractivity contribution in [2.75, 3.05) is 18.1 Å². The summed E-state index contributed by atoms with van der Waals surface area (Å²) in [4.78, 5) is 14.5. The van der Waals surface area contributed by atoms with E-state index < -0.39 is 0 Å². The van der Waals surface area contributed by atoms with Crippen LogP contribution in [-0.4, -0.2) is 34.4 Å². The molecule has 1 saturated carbocycles. The number of hydrogen-bond acceptors (Lipinski definition) is 5. The lowest BCUT2D eigenvalue weighted by atomic mass is 10.0. The topological polar surface area (TPSA) is 51.2 Å². The molecule has 0 bridgehead atoms. The molecule has 0 amide bonds. The SMILES string of the molecule is CC(C)C.CCCC(C)=O.CCCc1cccc(OCC)c1.Cc1cc(C(NC2(C)CSC2)=C2CC2)cnc1C. The first-order chi connectivity index (χ1) is 18.9. The summed E-state index contributed by atoms with van der Waals surface area (Å²) in [5.41, 5.74) is 8.25. The highest BCUT2D eigenvalue weighted by atomic mass is 32.2. The number of ether oxygens (including phenoxy) is 1. The summed E-state index contributed by atoms with van der Waals surface area (Å²) >= 11 is 2.02. The first kappa shape index (κ1) is 35.8. The highest BCUT2D eigenvalue weighted by molar-refractivity contribution is 8.00. The molecule has 2 heterocycles. The molecule has 4 nitrogen and oxygen atoms in total. The van der Waals surface area contributed by atoms with Crippen LogP contribution in [0.5, 0.6) is 5.75 Å². The van der Waals surface area contributed by atoms with Crippen LogP contribution in [0.15, 0.2) is 42.1 Å². The third kappa shape index (κ3) is 14.9. The largest absolute Gasteiger partial charge is 0.494 e. The second-order valence-corrected chi connectivity index (χ2v) is 12.8. The van der Waals surface area contributed by atoms with Gasteiger partial charge in [0.25, 0.3) is 0 Å². The van der Waals surface area contributed by atoms with Crippen molar-refractivity contribution < 1.29 is 9.53 Å². The minimum absolute atomic E-state index is 0.286. The van der Waals surface area contributed by atoms with Crippen LogP contribution in [0.4, 0.5) is 0 Å². The highest BCUT2D eigenvalue weighted by Crippen LogP contribution is 2.38. The van der Waals surface area contributed by atoms with Crippen LogP contribution in [0.1, 0.15) is 110 Å². The third-order valence-corrected chi connectivity index (χ3v) is 7.78. The number of nitrogens with one attached hydrogen (secondary N) is 1. The van der Waals surface area contributed by atoms with Crippen molar-refractivity contribution in [1.29, 1.82) is 0 Å². The predicted octanol–water partition coefficient (Wildman–Crippen LogP) is 9.37. The second kappa shape index (κ2) is 19.0. The van der Waals surface area contributed by atoms with Gasteiger partial charge in [-0.1, -0.05) is 53.2 Å². The summed E-state index contributed by atoms with van der Waals surface area (Å²) in [5, 5.41) is 3.77. The Labute approximate surface area is 250 Å². The van der Waals surface area contributed by atoms with Gasteiger partial charge in [-0.15, -0.1) is 0 Å². The number of hydrogen-bond donors (Lipinski definition) is 1. The fourth-order valence-electron chi connectivity index (χ4n) is 3.84. The average molecular weight is 569 g/mol. The maximum Gasteiger partial charge on any atom is 0.129 e. The lowest BCUT2D eigenvalue weighted by Gasteiger charge is -2.40. The molecule has 40 heavy (non-hydrogen) atoms. The smallest absolute Gasteiger partial charge is 0.129 e. The standard InChI is InChI=1S/C15H20N2S.C11H16O.C5H10O.C4H10/c1-10-6-13(7-16-11(10)2)14(12-4-5-12)17-15(3)8-18-9-15;1-3-6-10-7-5-8-11(9-10)12-4-2;1-3-4-5(2)6;1-4(2)3/h6-7,17H,4-5,8-9H2,1-3H3;5,7-9H,3-4,6H2,1-2H3;3-4H2,1-2H3;4H,1-3H3. The number of ketones is 1. The maximum absolute atomic E-state index is 10.0. The molecule has 0 unspecified atom stereocenters. The van der Waals surface area contributed by atoms with Gasteiger partial charge < -0.3 is 14.8 Å². The molecular weight excluding hydrogens is 512 g/mol. The van der Waals surface area contributed by atoms with Crippen molar-refractivity contribution in [3.63, 3.8) is 0 Å². The van der Waals surface area contributed by atoms with Crippen LogP contribution in [0, 0.1) is 19.8 Å². The molecule has 2 fully saturated rings. The zero-order chi connectivity index (χ0) is 30.1. The van der Waals surface area contributed by atoms with Crippen molar-refractivity contribution in [3.05, 3.63) is 64.5 Å². The highest BCUT2D eigenvalue weighted by Gasteiger charge is 2.35. The Kier molecular flexibility index (Phi) is 16.9. The zero-order valence-electron chi connectivity index (χ0n) is 27.1. The summed E-state index contributed by atoms with van der Waals surface area (Å²) in [5.74, 6) is 4.53. The third-order valence-electron chi connectivity index (χ3n) is 6.10. The maximum atomic E-state index is 10.0.